The standard InChI is InChI=1S/C26H29N5O/c1-25(2)19-9-5-6-10-20(19)30(4)26(25)17-28-24-18-8-7-11-27-23(18)21(16-22(24)32-26)31-14-12-29(3)13-15-31/h5-11,16-17H,12-15H2,1-4H3. The van der Waals surface area contributed by atoms with Gasteiger partial charge in [-0.2, -0.15) is 0 Å². The number of para-hydroxylation sites is 1. The first-order chi connectivity index (χ1) is 15.4. The lowest BCUT2D eigenvalue weighted by Crippen LogP contribution is -2.61. The second-order valence-electron chi connectivity index (χ2n) is 9.69. The minimum absolute atomic E-state index is 0.266. The zero-order chi connectivity index (χ0) is 22.1. The van der Waals surface area contributed by atoms with Crippen molar-refractivity contribution in [3.8, 4) is 5.75 Å². The Balaban J connectivity index is 1.51. The number of ether oxygens (including phenoxy) is 1. The van der Waals surface area contributed by atoms with E-state index in [1.54, 1.807) is 0 Å². The smallest absolute Gasteiger partial charge is 0.228 e. The van der Waals surface area contributed by atoms with Gasteiger partial charge in [-0.25, -0.2) is 0 Å². The van der Waals surface area contributed by atoms with Crippen molar-refractivity contribution >= 4 is 34.2 Å². The molecule has 1 saturated heterocycles. The van der Waals surface area contributed by atoms with Crippen LogP contribution in [0.25, 0.3) is 10.9 Å². The van der Waals surface area contributed by atoms with E-state index in [-0.39, 0.29) is 5.41 Å². The van der Waals surface area contributed by atoms with Crippen molar-refractivity contribution in [1.29, 1.82) is 0 Å². The molecule has 6 rings (SSSR count). The van der Waals surface area contributed by atoms with Crippen LogP contribution < -0.4 is 14.5 Å². The summed E-state index contributed by atoms with van der Waals surface area (Å²) in [5.41, 5.74) is 4.52. The van der Waals surface area contributed by atoms with Crippen LogP contribution in [-0.2, 0) is 5.41 Å². The number of hydrogen-bond donors (Lipinski definition) is 0. The predicted octanol–water partition coefficient (Wildman–Crippen LogP) is 4.21. The summed E-state index contributed by atoms with van der Waals surface area (Å²) in [6.07, 6.45) is 3.87. The highest BCUT2D eigenvalue weighted by atomic mass is 16.5. The highest BCUT2D eigenvalue weighted by molar-refractivity contribution is 6.04. The lowest BCUT2D eigenvalue weighted by atomic mass is 9.77. The Morgan fingerprint density at radius 2 is 1.72 bits per heavy atom. The third-order valence-corrected chi connectivity index (χ3v) is 7.62. The first-order valence-electron chi connectivity index (χ1n) is 11.4. The molecule has 0 aliphatic carbocycles. The highest BCUT2D eigenvalue weighted by Gasteiger charge is 2.58. The van der Waals surface area contributed by atoms with E-state index in [9.17, 15) is 0 Å². The van der Waals surface area contributed by atoms with Crippen molar-refractivity contribution < 1.29 is 4.74 Å². The van der Waals surface area contributed by atoms with Gasteiger partial charge in [0.05, 0.1) is 22.8 Å². The van der Waals surface area contributed by atoms with Gasteiger partial charge in [-0.3, -0.25) is 9.98 Å². The Morgan fingerprint density at radius 1 is 0.938 bits per heavy atom. The maximum Gasteiger partial charge on any atom is 0.228 e. The average Bonchev–Trinajstić information content (AvgIpc) is 2.97. The number of aliphatic imine (C=N–C) groups is 1. The molecule has 0 radical (unpaired) electrons. The molecule has 0 amide bonds. The van der Waals surface area contributed by atoms with E-state index in [4.69, 9.17) is 14.7 Å². The minimum atomic E-state index is -0.682. The maximum atomic E-state index is 6.96. The first kappa shape index (κ1) is 19.6. The van der Waals surface area contributed by atoms with E-state index in [1.807, 2.05) is 18.5 Å². The number of anilines is 2. The van der Waals surface area contributed by atoms with Crippen LogP contribution >= 0.6 is 0 Å². The number of rotatable bonds is 1. The molecule has 164 valence electrons. The van der Waals surface area contributed by atoms with Gasteiger partial charge >= 0.3 is 0 Å². The molecule has 6 heteroatoms. The summed E-state index contributed by atoms with van der Waals surface area (Å²) in [6, 6.07) is 14.8. The van der Waals surface area contributed by atoms with Crippen molar-refractivity contribution in [3.63, 3.8) is 0 Å². The van der Waals surface area contributed by atoms with Gasteiger partial charge in [0.1, 0.15) is 5.69 Å². The topological polar surface area (TPSA) is 44.2 Å². The fraction of sp³-hybridized carbons (Fsp3) is 0.385. The van der Waals surface area contributed by atoms with Crippen LogP contribution in [0, 0.1) is 0 Å². The van der Waals surface area contributed by atoms with Crippen molar-refractivity contribution in [2.75, 3.05) is 50.1 Å². The summed E-state index contributed by atoms with van der Waals surface area (Å²) >= 11 is 0. The molecule has 3 aromatic rings. The molecule has 3 aliphatic rings. The monoisotopic (exact) mass is 427 g/mol. The van der Waals surface area contributed by atoms with Gasteiger partial charge in [-0.15, -0.1) is 0 Å². The molecule has 0 saturated carbocycles. The molecule has 6 nitrogen and oxygen atoms in total. The summed E-state index contributed by atoms with van der Waals surface area (Å²) in [5, 5.41) is 1.04. The minimum Gasteiger partial charge on any atom is -0.459 e. The Hall–Kier alpha value is -3.12. The second-order valence-corrected chi connectivity index (χ2v) is 9.69. The van der Waals surface area contributed by atoms with E-state index in [0.29, 0.717) is 0 Å². The zero-order valence-corrected chi connectivity index (χ0v) is 19.2. The van der Waals surface area contributed by atoms with Gasteiger partial charge in [0, 0.05) is 56.6 Å². The SMILES string of the molecule is CN1CCN(c2cc3c(c4cccnc24)N=CC2(O3)N(C)c3ccccc3C2(C)C)CC1. The van der Waals surface area contributed by atoms with Crippen molar-refractivity contribution in [1.82, 2.24) is 9.88 Å². The number of pyridine rings is 1. The lowest BCUT2D eigenvalue weighted by molar-refractivity contribution is 0.0827. The Labute approximate surface area is 189 Å². The van der Waals surface area contributed by atoms with Gasteiger partial charge in [-0.05, 0) is 44.7 Å². The lowest BCUT2D eigenvalue weighted by Gasteiger charge is -2.45. The molecule has 0 N–H and O–H groups in total. The summed E-state index contributed by atoms with van der Waals surface area (Å²) in [5.74, 6) is 0.828. The van der Waals surface area contributed by atoms with Gasteiger partial charge in [0.2, 0.25) is 5.72 Å². The summed E-state index contributed by atoms with van der Waals surface area (Å²) in [4.78, 5) is 16.8. The summed E-state index contributed by atoms with van der Waals surface area (Å²) in [6.45, 7) is 8.53. The quantitative estimate of drug-likeness (QED) is 0.582. The molecule has 0 bridgehead atoms. The van der Waals surface area contributed by atoms with Crippen molar-refractivity contribution in [2.45, 2.75) is 25.0 Å². The molecule has 1 atom stereocenters. The fourth-order valence-corrected chi connectivity index (χ4v) is 5.57. The third-order valence-electron chi connectivity index (χ3n) is 7.62. The van der Waals surface area contributed by atoms with Crippen LogP contribution in [0.4, 0.5) is 17.1 Å². The predicted molar refractivity (Wildman–Crippen MR) is 131 cm³/mol. The number of likely N-dealkylation sites (N-methyl/N-ethyl adjacent to an activating group) is 2. The summed E-state index contributed by atoms with van der Waals surface area (Å²) in [7, 11) is 4.28. The van der Waals surface area contributed by atoms with E-state index in [2.05, 4.69) is 79.0 Å². The number of hydrogen-bond acceptors (Lipinski definition) is 6. The van der Waals surface area contributed by atoms with Crippen molar-refractivity contribution in [3.05, 3.63) is 54.2 Å². The molecule has 1 spiro atoms. The maximum absolute atomic E-state index is 6.96. The number of piperazine rings is 1. The van der Waals surface area contributed by atoms with E-state index >= 15 is 0 Å². The average molecular weight is 428 g/mol. The number of benzene rings is 2. The largest absolute Gasteiger partial charge is 0.459 e. The molecular formula is C26H29N5O. The van der Waals surface area contributed by atoms with Crippen LogP contribution in [0.3, 0.4) is 0 Å². The molecule has 4 heterocycles. The molecule has 32 heavy (non-hydrogen) atoms. The van der Waals surface area contributed by atoms with E-state index < -0.39 is 5.72 Å². The van der Waals surface area contributed by atoms with E-state index in [0.717, 1.165) is 54.2 Å². The molecular weight excluding hydrogens is 398 g/mol. The fourth-order valence-electron chi connectivity index (χ4n) is 5.57. The van der Waals surface area contributed by atoms with Crippen LogP contribution in [0.5, 0.6) is 5.75 Å². The highest BCUT2D eigenvalue weighted by Crippen LogP contribution is 2.54. The molecule has 3 aliphatic heterocycles. The van der Waals surface area contributed by atoms with Gasteiger partial charge < -0.3 is 19.4 Å². The van der Waals surface area contributed by atoms with Crippen LogP contribution in [-0.4, -0.2) is 62.1 Å². The Kier molecular flexibility index (Phi) is 4.09. The van der Waals surface area contributed by atoms with Crippen LogP contribution in [0.2, 0.25) is 0 Å². The van der Waals surface area contributed by atoms with Crippen molar-refractivity contribution in [2.24, 2.45) is 4.99 Å². The third kappa shape index (κ3) is 2.50. The molecule has 2 aromatic carbocycles. The molecule has 1 aromatic heterocycles. The van der Waals surface area contributed by atoms with E-state index in [1.165, 1.54) is 11.3 Å². The number of nitrogens with zero attached hydrogens (tertiary/aromatic N) is 5. The summed E-state index contributed by atoms with van der Waals surface area (Å²) < 4.78 is 6.96. The second kappa shape index (κ2) is 6.69. The van der Waals surface area contributed by atoms with Gasteiger partial charge in [-0.1, -0.05) is 18.2 Å². The molecule has 1 unspecified atom stereocenters. The Bertz CT molecular complexity index is 1240. The first-order valence-corrected chi connectivity index (χ1v) is 11.4. The van der Waals surface area contributed by atoms with Gasteiger partial charge in [0.25, 0.3) is 0 Å². The van der Waals surface area contributed by atoms with Crippen LogP contribution in [0.1, 0.15) is 19.4 Å². The zero-order valence-electron chi connectivity index (χ0n) is 19.2. The molecule has 1 fully saturated rings. The van der Waals surface area contributed by atoms with Crippen LogP contribution in [0.15, 0.2) is 53.7 Å². The number of aromatic nitrogens is 1. The normalized spacial score (nSPS) is 24.0. The van der Waals surface area contributed by atoms with Gasteiger partial charge in [0.15, 0.2) is 5.75 Å². The number of fused-ring (bicyclic) bond motifs is 4. The Morgan fingerprint density at radius 3 is 2.50 bits per heavy atom.